The molecule has 0 amide bonds. The summed E-state index contributed by atoms with van der Waals surface area (Å²) in [4.78, 5) is 30.7. The van der Waals surface area contributed by atoms with Crippen LogP contribution in [0.15, 0.2) is 36.5 Å². The zero-order chi connectivity index (χ0) is 19.2. The summed E-state index contributed by atoms with van der Waals surface area (Å²) in [5, 5.41) is 9.21. The second-order valence-electron chi connectivity index (χ2n) is 6.27. The van der Waals surface area contributed by atoms with E-state index in [9.17, 15) is 14.9 Å². The first-order valence-electron chi connectivity index (χ1n) is 8.73. The third-order valence-electron chi connectivity index (χ3n) is 4.36. The Labute approximate surface area is 156 Å². The third-order valence-corrected chi connectivity index (χ3v) is 4.36. The molecule has 1 atom stereocenters. The highest BCUT2D eigenvalue weighted by molar-refractivity contribution is 5.78. The van der Waals surface area contributed by atoms with E-state index in [0.29, 0.717) is 25.1 Å². The summed E-state index contributed by atoms with van der Waals surface area (Å²) in [6.45, 7) is 2.00. The quantitative estimate of drug-likeness (QED) is 0.258. The fraction of sp³-hybridized carbons (Fsp3) is 0.368. The molecular weight excluding hydrogens is 352 g/mol. The minimum absolute atomic E-state index is 0.00125. The molecule has 2 heterocycles. The van der Waals surface area contributed by atoms with Gasteiger partial charge >= 0.3 is 5.97 Å². The lowest BCUT2D eigenvalue weighted by Gasteiger charge is -2.20. The zero-order valence-electron chi connectivity index (χ0n) is 14.9. The molecule has 0 radical (unpaired) electrons. The summed E-state index contributed by atoms with van der Waals surface area (Å²) in [5.74, 6) is 0.618. The number of nitrogens with zero attached hydrogens (tertiary/aromatic N) is 2. The smallest absolute Gasteiger partial charge is 0.313 e. The second kappa shape index (κ2) is 8.48. The first-order chi connectivity index (χ1) is 13.0. The van der Waals surface area contributed by atoms with Gasteiger partial charge in [0.1, 0.15) is 5.75 Å². The van der Waals surface area contributed by atoms with E-state index in [0.717, 1.165) is 22.4 Å². The Morgan fingerprint density at radius 2 is 2.11 bits per heavy atom. The number of hydrogen-bond donors (Lipinski definition) is 0. The molecule has 8 nitrogen and oxygen atoms in total. The van der Waals surface area contributed by atoms with Gasteiger partial charge in [0, 0.05) is 18.2 Å². The average molecular weight is 372 g/mol. The lowest BCUT2D eigenvalue weighted by molar-refractivity contribution is -0.757. The number of esters is 1. The molecular formula is C19H20N2O6. The van der Waals surface area contributed by atoms with Gasteiger partial charge in [0.25, 0.3) is 5.09 Å². The number of ether oxygens (including phenoxy) is 2. The Balaban J connectivity index is 1.54. The standard InChI is InChI=1S/C19H20N2O6/c1-13(19(22)25-9-2-3-10-26-21(23)24)14-6-7-17-16(11-14)12-15-5-4-8-20-18(15)27-17/h4-8,11,13H,2-3,9-10,12H2,1H3. The van der Waals surface area contributed by atoms with Crippen molar-refractivity contribution in [2.24, 2.45) is 0 Å². The highest BCUT2D eigenvalue weighted by atomic mass is 16.9. The van der Waals surface area contributed by atoms with E-state index in [-0.39, 0.29) is 19.2 Å². The molecule has 1 aliphatic rings. The number of rotatable bonds is 8. The Hall–Kier alpha value is -3.16. The predicted molar refractivity (Wildman–Crippen MR) is 95.1 cm³/mol. The van der Waals surface area contributed by atoms with Crippen molar-refractivity contribution in [3.63, 3.8) is 0 Å². The maximum absolute atomic E-state index is 12.2. The van der Waals surface area contributed by atoms with Crippen LogP contribution in [0.2, 0.25) is 0 Å². The van der Waals surface area contributed by atoms with E-state index in [1.165, 1.54) is 0 Å². The van der Waals surface area contributed by atoms with Gasteiger partial charge in [0.15, 0.2) is 0 Å². The van der Waals surface area contributed by atoms with Crippen molar-refractivity contribution in [1.29, 1.82) is 0 Å². The Kier molecular flexibility index (Phi) is 5.85. The monoisotopic (exact) mass is 372 g/mol. The van der Waals surface area contributed by atoms with E-state index in [2.05, 4.69) is 9.82 Å². The molecule has 1 aromatic carbocycles. The lowest BCUT2D eigenvalue weighted by atomic mass is 9.95. The highest BCUT2D eigenvalue weighted by Crippen LogP contribution is 2.36. The molecule has 0 bridgehead atoms. The van der Waals surface area contributed by atoms with Crippen LogP contribution in [0.3, 0.4) is 0 Å². The minimum Gasteiger partial charge on any atom is -0.465 e. The van der Waals surface area contributed by atoms with E-state index < -0.39 is 11.0 Å². The van der Waals surface area contributed by atoms with Gasteiger partial charge in [-0.2, -0.15) is 0 Å². The van der Waals surface area contributed by atoms with Crippen molar-refractivity contribution in [3.05, 3.63) is 63.3 Å². The summed E-state index contributed by atoms with van der Waals surface area (Å²) < 4.78 is 11.1. The summed E-state index contributed by atoms with van der Waals surface area (Å²) in [5.41, 5.74) is 2.87. The van der Waals surface area contributed by atoms with Gasteiger partial charge in [-0.1, -0.05) is 18.2 Å². The van der Waals surface area contributed by atoms with Crippen molar-refractivity contribution in [3.8, 4) is 11.6 Å². The van der Waals surface area contributed by atoms with Crippen LogP contribution in [0.4, 0.5) is 0 Å². The molecule has 0 aliphatic carbocycles. The molecule has 0 saturated heterocycles. The molecule has 1 aromatic heterocycles. The van der Waals surface area contributed by atoms with Crippen LogP contribution in [0, 0.1) is 10.1 Å². The number of fused-ring (bicyclic) bond motifs is 2. The highest BCUT2D eigenvalue weighted by Gasteiger charge is 2.22. The van der Waals surface area contributed by atoms with Gasteiger partial charge in [-0.05, 0) is 43.0 Å². The molecule has 1 aliphatic heterocycles. The fourth-order valence-corrected chi connectivity index (χ4v) is 2.84. The molecule has 2 aromatic rings. The van der Waals surface area contributed by atoms with Crippen molar-refractivity contribution >= 4 is 5.97 Å². The number of carbonyl (C=O) groups is 1. The Morgan fingerprint density at radius 1 is 1.30 bits per heavy atom. The first-order valence-corrected chi connectivity index (χ1v) is 8.73. The maximum Gasteiger partial charge on any atom is 0.313 e. The van der Waals surface area contributed by atoms with Crippen molar-refractivity contribution in [1.82, 2.24) is 4.98 Å². The van der Waals surface area contributed by atoms with E-state index >= 15 is 0 Å². The van der Waals surface area contributed by atoms with Gasteiger partial charge in [0.2, 0.25) is 5.88 Å². The number of pyridine rings is 1. The summed E-state index contributed by atoms with van der Waals surface area (Å²) in [6, 6.07) is 9.50. The predicted octanol–water partition coefficient (Wildman–Crippen LogP) is 3.41. The van der Waals surface area contributed by atoms with Crippen LogP contribution < -0.4 is 4.74 Å². The summed E-state index contributed by atoms with van der Waals surface area (Å²) in [7, 11) is 0. The SMILES string of the molecule is CC(C(=O)OCCCCO[N+](=O)[O-])c1ccc2c(c1)Cc1cccnc1O2. The molecule has 1 unspecified atom stereocenters. The molecule has 142 valence electrons. The van der Waals surface area contributed by atoms with Gasteiger partial charge < -0.3 is 14.3 Å². The first kappa shape index (κ1) is 18.6. The van der Waals surface area contributed by atoms with Crippen LogP contribution in [-0.2, 0) is 20.8 Å². The largest absolute Gasteiger partial charge is 0.465 e. The normalized spacial score (nSPS) is 12.9. The van der Waals surface area contributed by atoms with Crippen LogP contribution in [-0.4, -0.2) is 29.3 Å². The van der Waals surface area contributed by atoms with Crippen molar-refractivity contribution in [2.75, 3.05) is 13.2 Å². The van der Waals surface area contributed by atoms with Crippen LogP contribution in [0.1, 0.15) is 42.4 Å². The van der Waals surface area contributed by atoms with Crippen LogP contribution in [0.5, 0.6) is 11.6 Å². The van der Waals surface area contributed by atoms with Gasteiger partial charge in [-0.25, -0.2) is 4.98 Å². The number of aromatic nitrogens is 1. The summed E-state index contributed by atoms with van der Waals surface area (Å²) >= 11 is 0. The third kappa shape index (κ3) is 4.72. The molecule has 0 saturated carbocycles. The lowest BCUT2D eigenvalue weighted by Crippen LogP contribution is -2.15. The number of hydrogen-bond acceptors (Lipinski definition) is 7. The molecule has 0 spiro atoms. The minimum atomic E-state index is -0.831. The Bertz CT molecular complexity index is 839. The van der Waals surface area contributed by atoms with Crippen molar-refractivity contribution < 1.29 is 24.2 Å². The van der Waals surface area contributed by atoms with Crippen LogP contribution >= 0.6 is 0 Å². The molecule has 8 heteroatoms. The molecule has 0 N–H and O–H groups in total. The van der Waals surface area contributed by atoms with E-state index in [4.69, 9.17) is 9.47 Å². The number of unbranched alkanes of at least 4 members (excludes halogenated alkanes) is 1. The Morgan fingerprint density at radius 3 is 2.93 bits per heavy atom. The number of benzene rings is 1. The van der Waals surface area contributed by atoms with Crippen molar-refractivity contribution in [2.45, 2.75) is 32.1 Å². The van der Waals surface area contributed by atoms with Gasteiger partial charge in [-0.3, -0.25) is 4.79 Å². The fourth-order valence-electron chi connectivity index (χ4n) is 2.84. The van der Waals surface area contributed by atoms with Crippen LogP contribution in [0.25, 0.3) is 0 Å². The van der Waals surface area contributed by atoms with E-state index in [1.54, 1.807) is 13.1 Å². The average Bonchev–Trinajstić information content (AvgIpc) is 2.67. The topological polar surface area (TPSA) is 101 Å². The second-order valence-corrected chi connectivity index (χ2v) is 6.27. The maximum atomic E-state index is 12.2. The van der Waals surface area contributed by atoms with Gasteiger partial charge in [-0.15, -0.1) is 10.1 Å². The molecule has 0 fully saturated rings. The zero-order valence-corrected chi connectivity index (χ0v) is 14.9. The number of carbonyl (C=O) groups excluding carboxylic acids is 1. The van der Waals surface area contributed by atoms with Gasteiger partial charge in [0.05, 0.1) is 19.1 Å². The molecule has 3 rings (SSSR count). The molecule has 27 heavy (non-hydrogen) atoms. The summed E-state index contributed by atoms with van der Waals surface area (Å²) in [6.07, 6.45) is 3.35. The van der Waals surface area contributed by atoms with E-state index in [1.807, 2.05) is 30.3 Å².